The SMILES string of the molecule is Cc1cccnc1COc1ccc(CN)cc1Br. The summed E-state index contributed by atoms with van der Waals surface area (Å²) < 4.78 is 6.67. The largest absolute Gasteiger partial charge is 0.486 e. The molecule has 0 unspecified atom stereocenters. The van der Waals surface area contributed by atoms with E-state index in [9.17, 15) is 0 Å². The Bertz CT molecular complexity index is 543. The van der Waals surface area contributed by atoms with E-state index in [0.29, 0.717) is 13.2 Å². The minimum Gasteiger partial charge on any atom is -0.486 e. The van der Waals surface area contributed by atoms with Gasteiger partial charge in [0, 0.05) is 12.7 Å². The number of pyridine rings is 1. The van der Waals surface area contributed by atoms with Gasteiger partial charge in [-0.15, -0.1) is 0 Å². The summed E-state index contributed by atoms with van der Waals surface area (Å²) in [7, 11) is 0. The van der Waals surface area contributed by atoms with Gasteiger partial charge in [-0.05, 0) is 52.2 Å². The molecule has 0 aliphatic heterocycles. The molecule has 0 spiro atoms. The van der Waals surface area contributed by atoms with Crippen molar-refractivity contribution in [2.75, 3.05) is 0 Å². The minimum absolute atomic E-state index is 0.466. The fourth-order valence-corrected chi connectivity index (χ4v) is 2.14. The van der Waals surface area contributed by atoms with Crippen LogP contribution < -0.4 is 10.5 Å². The highest BCUT2D eigenvalue weighted by Gasteiger charge is 2.04. The zero-order valence-electron chi connectivity index (χ0n) is 10.2. The van der Waals surface area contributed by atoms with Crippen molar-refractivity contribution in [3.63, 3.8) is 0 Å². The van der Waals surface area contributed by atoms with Crippen LogP contribution in [-0.4, -0.2) is 4.98 Å². The second-order valence-electron chi connectivity index (χ2n) is 4.02. The number of aryl methyl sites for hydroxylation is 1. The van der Waals surface area contributed by atoms with Crippen LogP contribution in [0.2, 0.25) is 0 Å². The summed E-state index contributed by atoms with van der Waals surface area (Å²) in [5.41, 5.74) is 8.74. The molecular weight excluding hydrogens is 292 g/mol. The van der Waals surface area contributed by atoms with E-state index in [2.05, 4.69) is 20.9 Å². The van der Waals surface area contributed by atoms with Gasteiger partial charge >= 0.3 is 0 Å². The first-order valence-electron chi connectivity index (χ1n) is 5.72. The Morgan fingerprint density at radius 1 is 1.33 bits per heavy atom. The maximum absolute atomic E-state index is 5.75. The third kappa shape index (κ3) is 3.09. The van der Waals surface area contributed by atoms with Crippen LogP contribution >= 0.6 is 15.9 Å². The zero-order valence-corrected chi connectivity index (χ0v) is 11.8. The number of ether oxygens (including phenoxy) is 1. The van der Waals surface area contributed by atoms with Crippen LogP contribution in [0, 0.1) is 6.92 Å². The highest BCUT2D eigenvalue weighted by atomic mass is 79.9. The molecule has 0 fully saturated rings. The normalized spacial score (nSPS) is 10.4. The lowest BCUT2D eigenvalue weighted by atomic mass is 10.2. The Hall–Kier alpha value is -1.39. The number of hydrogen-bond donors (Lipinski definition) is 1. The predicted octanol–water partition coefficient (Wildman–Crippen LogP) is 3.19. The summed E-state index contributed by atoms with van der Waals surface area (Å²) in [4.78, 5) is 4.30. The molecule has 0 aliphatic carbocycles. The van der Waals surface area contributed by atoms with E-state index in [0.717, 1.165) is 27.0 Å². The molecule has 0 bridgehead atoms. The lowest BCUT2D eigenvalue weighted by molar-refractivity contribution is 0.298. The van der Waals surface area contributed by atoms with E-state index in [1.807, 2.05) is 37.3 Å². The monoisotopic (exact) mass is 306 g/mol. The Balaban J connectivity index is 2.09. The Labute approximate surface area is 115 Å². The van der Waals surface area contributed by atoms with E-state index in [1.165, 1.54) is 0 Å². The molecule has 4 heteroatoms. The van der Waals surface area contributed by atoms with Crippen molar-refractivity contribution in [3.05, 3.63) is 57.8 Å². The van der Waals surface area contributed by atoms with Gasteiger partial charge in [0.15, 0.2) is 0 Å². The Kier molecular flexibility index (Phi) is 4.33. The molecule has 0 saturated carbocycles. The minimum atomic E-state index is 0.466. The van der Waals surface area contributed by atoms with Crippen molar-refractivity contribution in [3.8, 4) is 5.75 Å². The van der Waals surface area contributed by atoms with Gasteiger partial charge in [0.1, 0.15) is 12.4 Å². The summed E-state index contributed by atoms with van der Waals surface area (Å²) >= 11 is 3.48. The number of halogens is 1. The van der Waals surface area contributed by atoms with Crippen LogP contribution in [0.5, 0.6) is 5.75 Å². The molecule has 0 saturated heterocycles. The van der Waals surface area contributed by atoms with E-state index in [1.54, 1.807) is 6.20 Å². The molecule has 1 heterocycles. The third-order valence-corrected chi connectivity index (χ3v) is 3.33. The number of nitrogens with two attached hydrogens (primary N) is 1. The lowest BCUT2D eigenvalue weighted by Gasteiger charge is -2.10. The molecular formula is C14H15BrN2O. The second kappa shape index (κ2) is 5.98. The van der Waals surface area contributed by atoms with E-state index in [4.69, 9.17) is 10.5 Å². The first-order valence-corrected chi connectivity index (χ1v) is 6.52. The van der Waals surface area contributed by atoms with Crippen molar-refractivity contribution < 1.29 is 4.74 Å². The maximum atomic E-state index is 5.75. The van der Waals surface area contributed by atoms with Crippen molar-refractivity contribution in [2.24, 2.45) is 5.73 Å². The molecule has 94 valence electrons. The first-order chi connectivity index (χ1) is 8.70. The van der Waals surface area contributed by atoms with Gasteiger partial charge in [0.05, 0.1) is 10.2 Å². The molecule has 18 heavy (non-hydrogen) atoms. The van der Waals surface area contributed by atoms with Gasteiger partial charge < -0.3 is 10.5 Å². The maximum Gasteiger partial charge on any atom is 0.134 e. The summed E-state index contributed by atoms with van der Waals surface area (Å²) in [5.74, 6) is 0.803. The summed E-state index contributed by atoms with van der Waals surface area (Å²) in [6.45, 7) is 3.02. The molecule has 0 radical (unpaired) electrons. The first kappa shape index (κ1) is 13.1. The smallest absolute Gasteiger partial charge is 0.134 e. The van der Waals surface area contributed by atoms with Crippen molar-refractivity contribution >= 4 is 15.9 Å². The predicted molar refractivity (Wildman–Crippen MR) is 75.3 cm³/mol. The molecule has 1 aromatic heterocycles. The zero-order chi connectivity index (χ0) is 13.0. The molecule has 0 atom stereocenters. The Morgan fingerprint density at radius 2 is 2.17 bits per heavy atom. The molecule has 2 N–H and O–H groups in total. The van der Waals surface area contributed by atoms with Gasteiger partial charge in [-0.25, -0.2) is 0 Å². The highest BCUT2D eigenvalue weighted by Crippen LogP contribution is 2.26. The summed E-state index contributed by atoms with van der Waals surface area (Å²) in [5, 5.41) is 0. The van der Waals surface area contributed by atoms with E-state index in [-0.39, 0.29) is 0 Å². The number of aromatic nitrogens is 1. The van der Waals surface area contributed by atoms with Gasteiger partial charge in [-0.3, -0.25) is 4.98 Å². The summed E-state index contributed by atoms with van der Waals surface area (Å²) in [6, 6.07) is 9.81. The number of rotatable bonds is 4. The fraction of sp³-hybridized carbons (Fsp3) is 0.214. The topological polar surface area (TPSA) is 48.1 Å². The quantitative estimate of drug-likeness (QED) is 0.943. The van der Waals surface area contributed by atoms with Crippen molar-refractivity contribution in [1.29, 1.82) is 0 Å². The molecule has 3 nitrogen and oxygen atoms in total. The van der Waals surface area contributed by atoms with Crippen LogP contribution in [-0.2, 0) is 13.2 Å². The molecule has 2 rings (SSSR count). The number of benzene rings is 1. The van der Waals surface area contributed by atoms with Gasteiger partial charge in [-0.1, -0.05) is 12.1 Å². The number of hydrogen-bond acceptors (Lipinski definition) is 3. The molecule has 2 aromatic rings. The standard InChI is InChI=1S/C14H15BrN2O/c1-10-3-2-6-17-13(10)9-18-14-5-4-11(8-16)7-12(14)15/h2-7H,8-9,16H2,1H3. The second-order valence-corrected chi connectivity index (χ2v) is 4.88. The van der Waals surface area contributed by atoms with Gasteiger partial charge in [-0.2, -0.15) is 0 Å². The van der Waals surface area contributed by atoms with E-state index < -0.39 is 0 Å². The lowest BCUT2D eigenvalue weighted by Crippen LogP contribution is -2.02. The van der Waals surface area contributed by atoms with E-state index >= 15 is 0 Å². The average molecular weight is 307 g/mol. The van der Waals surface area contributed by atoms with Crippen molar-refractivity contribution in [2.45, 2.75) is 20.1 Å². The van der Waals surface area contributed by atoms with Gasteiger partial charge in [0.2, 0.25) is 0 Å². The molecule has 0 amide bonds. The fourth-order valence-electron chi connectivity index (χ4n) is 1.60. The van der Waals surface area contributed by atoms with Crippen LogP contribution in [0.15, 0.2) is 41.0 Å². The van der Waals surface area contributed by atoms with Crippen LogP contribution in [0.3, 0.4) is 0 Å². The number of nitrogens with zero attached hydrogens (tertiary/aromatic N) is 1. The third-order valence-electron chi connectivity index (χ3n) is 2.71. The van der Waals surface area contributed by atoms with Crippen LogP contribution in [0.25, 0.3) is 0 Å². The van der Waals surface area contributed by atoms with Gasteiger partial charge in [0.25, 0.3) is 0 Å². The average Bonchev–Trinajstić information content (AvgIpc) is 2.39. The summed E-state index contributed by atoms with van der Waals surface area (Å²) in [6.07, 6.45) is 1.78. The highest BCUT2D eigenvalue weighted by molar-refractivity contribution is 9.10. The molecule has 1 aromatic carbocycles. The van der Waals surface area contributed by atoms with Crippen LogP contribution in [0.4, 0.5) is 0 Å². The van der Waals surface area contributed by atoms with Crippen LogP contribution in [0.1, 0.15) is 16.8 Å². The Morgan fingerprint density at radius 3 is 2.83 bits per heavy atom. The van der Waals surface area contributed by atoms with Crippen molar-refractivity contribution in [1.82, 2.24) is 4.98 Å². The molecule has 0 aliphatic rings.